The van der Waals surface area contributed by atoms with E-state index >= 15 is 0 Å². The molecule has 2 heterocycles. The van der Waals surface area contributed by atoms with Gasteiger partial charge in [-0.1, -0.05) is 18.2 Å². The quantitative estimate of drug-likeness (QED) is 0.767. The van der Waals surface area contributed by atoms with Gasteiger partial charge in [0.05, 0.1) is 24.3 Å². The minimum Gasteiger partial charge on any atom is -0.381 e. The number of ether oxygens (including phenoxy) is 1. The van der Waals surface area contributed by atoms with Crippen LogP contribution in [0.25, 0.3) is 0 Å². The molecule has 24 heavy (non-hydrogen) atoms. The van der Waals surface area contributed by atoms with E-state index in [9.17, 15) is 5.26 Å². The van der Waals surface area contributed by atoms with Gasteiger partial charge in [0.2, 0.25) is 0 Å². The molecular formula is C19H24N4O. The van der Waals surface area contributed by atoms with Gasteiger partial charge in [-0.2, -0.15) is 5.26 Å². The molecule has 0 fully saturated rings. The highest BCUT2D eigenvalue weighted by molar-refractivity contribution is 5.37. The van der Waals surface area contributed by atoms with Gasteiger partial charge in [0.1, 0.15) is 5.82 Å². The summed E-state index contributed by atoms with van der Waals surface area (Å²) in [6, 6.07) is 10.4. The summed E-state index contributed by atoms with van der Waals surface area (Å²) < 4.78 is 7.80. The van der Waals surface area contributed by atoms with E-state index in [1.807, 2.05) is 37.4 Å². The summed E-state index contributed by atoms with van der Waals surface area (Å²) in [6.07, 6.45) is 2.89. The number of nitrogens with zero attached hydrogens (tertiary/aromatic N) is 4. The van der Waals surface area contributed by atoms with Crippen molar-refractivity contribution >= 4 is 0 Å². The minimum absolute atomic E-state index is 0.242. The molecular weight excluding hydrogens is 300 g/mol. The number of hydrogen-bond acceptors (Lipinski definition) is 4. The number of fused-ring (bicyclic) bond motifs is 1. The second-order valence-corrected chi connectivity index (χ2v) is 6.12. The molecule has 1 aliphatic heterocycles. The molecule has 0 N–H and O–H groups in total. The smallest absolute Gasteiger partial charge is 0.126 e. The standard InChI is InChI=1S/C19H24N4O/c1-3-24-11-8-18-13-21-19-15(2)22(9-10-23(18)19)14-17-7-5-4-6-16(17)12-20/h4-7,13,15H,3,8-11,14H2,1-2H3/t15-/m1/s1. The first-order chi connectivity index (χ1) is 11.7. The fourth-order valence-corrected chi connectivity index (χ4v) is 3.33. The number of imidazole rings is 1. The number of nitriles is 1. The molecule has 3 rings (SSSR count). The lowest BCUT2D eigenvalue weighted by atomic mass is 10.1. The SMILES string of the molecule is CCOCCc1cnc2n1CCN(Cc1ccccc1C#N)[C@@H]2C. The van der Waals surface area contributed by atoms with Gasteiger partial charge < -0.3 is 9.30 Å². The second-order valence-electron chi connectivity index (χ2n) is 6.12. The highest BCUT2D eigenvalue weighted by Gasteiger charge is 2.27. The highest BCUT2D eigenvalue weighted by Crippen LogP contribution is 2.27. The number of rotatable bonds is 6. The zero-order valence-electron chi connectivity index (χ0n) is 14.4. The van der Waals surface area contributed by atoms with Crippen LogP contribution in [-0.4, -0.2) is 34.2 Å². The van der Waals surface area contributed by atoms with Crippen LogP contribution in [0.3, 0.4) is 0 Å². The van der Waals surface area contributed by atoms with E-state index in [0.717, 1.165) is 56.2 Å². The van der Waals surface area contributed by atoms with Gasteiger partial charge in [-0.05, 0) is 25.5 Å². The van der Waals surface area contributed by atoms with Crippen LogP contribution in [0.2, 0.25) is 0 Å². The lowest BCUT2D eigenvalue weighted by Gasteiger charge is -2.34. The predicted octanol–water partition coefficient (Wildman–Crippen LogP) is 2.91. The molecule has 1 aromatic carbocycles. The van der Waals surface area contributed by atoms with Gasteiger partial charge in [0.15, 0.2) is 0 Å². The molecule has 0 bridgehead atoms. The van der Waals surface area contributed by atoms with E-state index < -0.39 is 0 Å². The van der Waals surface area contributed by atoms with Gasteiger partial charge in [-0.3, -0.25) is 4.90 Å². The van der Waals surface area contributed by atoms with Crippen LogP contribution < -0.4 is 0 Å². The van der Waals surface area contributed by atoms with Crippen molar-refractivity contribution in [2.75, 3.05) is 19.8 Å². The van der Waals surface area contributed by atoms with Crippen molar-refractivity contribution < 1.29 is 4.74 Å². The van der Waals surface area contributed by atoms with Crippen LogP contribution in [0.15, 0.2) is 30.5 Å². The maximum Gasteiger partial charge on any atom is 0.126 e. The van der Waals surface area contributed by atoms with Crippen LogP contribution in [0.1, 0.15) is 42.5 Å². The molecule has 0 spiro atoms. The van der Waals surface area contributed by atoms with Gasteiger partial charge in [-0.25, -0.2) is 4.98 Å². The maximum absolute atomic E-state index is 9.28. The summed E-state index contributed by atoms with van der Waals surface area (Å²) in [7, 11) is 0. The maximum atomic E-state index is 9.28. The largest absolute Gasteiger partial charge is 0.381 e. The molecule has 0 saturated carbocycles. The van der Waals surface area contributed by atoms with Crippen LogP contribution >= 0.6 is 0 Å². The third-order valence-corrected chi connectivity index (χ3v) is 4.72. The lowest BCUT2D eigenvalue weighted by Crippen LogP contribution is -2.37. The summed E-state index contributed by atoms with van der Waals surface area (Å²) >= 11 is 0. The Morgan fingerprint density at radius 2 is 2.17 bits per heavy atom. The normalized spacial score (nSPS) is 17.5. The summed E-state index contributed by atoms with van der Waals surface area (Å²) in [5.74, 6) is 1.11. The Bertz CT molecular complexity index is 731. The summed E-state index contributed by atoms with van der Waals surface area (Å²) in [4.78, 5) is 7.05. The van der Waals surface area contributed by atoms with Crippen LogP contribution in [0, 0.1) is 11.3 Å². The molecule has 5 heteroatoms. The molecule has 1 aromatic heterocycles. The van der Waals surface area contributed by atoms with Gasteiger partial charge in [-0.15, -0.1) is 0 Å². The van der Waals surface area contributed by atoms with Crippen molar-refractivity contribution in [1.29, 1.82) is 5.26 Å². The van der Waals surface area contributed by atoms with Gasteiger partial charge in [0.25, 0.3) is 0 Å². The zero-order chi connectivity index (χ0) is 16.9. The predicted molar refractivity (Wildman–Crippen MR) is 92.4 cm³/mol. The Labute approximate surface area is 143 Å². The Morgan fingerprint density at radius 1 is 1.33 bits per heavy atom. The zero-order valence-corrected chi connectivity index (χ0v) is 14.4. The summed E-state index contributed by atoms with van der Waals surface area (Å²) in [5, 5.41) is 9.28. The lowest BCUT2D eigenvalue weighted by molar-refractivity contribution is 0.142. The molecule has 0 saturated heterocycles. The second kappa shape index (κ2) is 7.61. The molecule has 0 amide bonds. The third-order valence-electron chi connectivity index (χ3n) is 4.72. The van der Waals surface area contributed by atoms with Gasteiger partial charge >= 0.3 is 0 Å². The molecule has 2 aromatic rings. The van der Waals surface area contributed by atoms with E-state index in [0.29, 0.717) is 0 Å². The van der Waals surface area contributed by atoms with Crippen molar-refractivity contribution in [2.45, 2.75) is 39.4 Å². The Kier molecular flexibility index (Phi) is 5.29. The molecule has 1 atom stereocenters. The first-order valence-corrected chi connectivity index (χ1v) is 8.58. The molecule has 126 valence electrons. The van der Waals surface area contributed by atoms with Crippen molar-refractivity contribution in [3.8, 4) is 6.07 Å². The third kappa shape index (κ3) is 3.35. The van der Waals surface area contributed by atoms with Crippen molar-refractivity contribution in [1.82, 2.24) is 14.5 Å². The topological polar surface area (TPSA) is 54.1 Å². The van der Waals surface area contributed by atoms with Crippen molar-refractivity contribution in [2.24, 2.45) is 0 Å². The monoisotopic (exact) mass is 324 g/mol. The van der Waals surface area contributed by atoms with E-state index in [-0.39, 0.29) is 6.04 Å². The first-order valence-electron chi connectivity index (χ1n) is 8.58. The van der Waals surface area contributed by atoms with E-state index in [1.165, 1.54) is 5.69 Å². The van der Waals surface area contributed by atoms with E-state index in [4.69, 9.17) is 4.74 Å². The summed E-state index contributed by atoms with van der Waals surface area (Å²) in [5.41, 5.74) is 3.10. The van der Waals surface area contributed by atoms with Crippen molar-refractivity contribution in [3.63, 3.8) is 0 Å². The fourth-order valence-electron chi connectivity index (χ4n) is 3.33. The Morgan fingerprint density at radius 3 is 2.96 bits per heavy atom. The fraction of sp³-hybridized carbons (Fsp3) is 0.474. The van der Waals surface area contributed by atoms with E-state index in [2.05, 4.69) is 27.4 Å². The van der Waals surface area contributed by atoms with Crippen molar-refractivity contribution in [3.05, 3.63) is 53.1 Å². The number of aromatic nitrogens is 2. The molecule has 0 aliphatic carbocycles. The Hall–Kier alpha value is -2.16. The van der Waals surface area contributed by atoms with Crippen LogP contribution in [-0.2, 0) is 24.2 Å². The first kappa shape index (κ1) is 16.7. The van der Waals surface area contributed by atoms with Crippen LogP contribution in [0.4, 0.5) is 0 Å². The average Bonchev–Trinajstić information content (AvgIpc) is 3.02. The summed E-state index contributed by atoms with van der Waals surface area (Å²) in [6.45, 7) is 8.40. The van der Waals surface area contributed by atoms with Crippen LogP contribution in [0.5, 0.6) is 0 Å². The highest BCUT2D eigenvalue weighted by atomic mass is 16.5. The molecule has 5 nitrogen and oxygen atoms in total. The molecule has 1 aliphatic rings. The number of hydrogen-bond donors (Lipinski definition) is 0. The number of benzene rings is 1. The Balaban J connectivity index is 1.73. The molecule has 0 unspecified atom stereocenters. The van der Waals surface area contributed by atoms with E-state index in [1.54, 1.807) is 0 Å². The minimum atomic E-state index is 0.242. The molecule has 0 radical (unpaired) electrons. The van der Waals surface area contributed by atoms with Gasteiger partial charge in [0, 0.05) is 44.6 Å². The average molecular weight is 324 g/mol.